The van der Waals surface area contributed by atoms with E-state index in [0.29, 0.717) is 32.5 Å². The summed E-state index contributed by atoms with van der Waals surface area (Å²) in [5.41, 5.74) is 0. The highest BCUT2D eigenvalue weighted by atomic mass is 32.1. The van der Waals surface area contributed by atoms with E-state index in [-0.39, 0.29) is 12.0 Å². The fraction of sp³-hybridized carbons (Fsp3) is 0.647. The Morgan fingerprint density at radius 3 is 3.04 bits per heavy atom. The molecule has 1 aliphatic heterocycles. The van der Waals surface area contributed by atoms with E-state index >= 15 is 0 Å². The molecule has 1 atom stereocenters. The summed E-state index contributed by atoms with van der Waals surface area (Å²) in [7, 11) is 1.66. The number of rotatable bonds is 10. The highest BCUT2D eigenvalue weighted by Gasteiger charge is 2.16. The van der Waals surface area contributed by atoms with Crippen LogP contribution >= 0.6 is 11.3 Å². The highest BCUT2D eigenvalue weighted by molar-refractivity contribution is 7.10. The van der Waals surface area contributed by atoms with Gasteiger partial charge in [-0.1, -0.05) is 6.07 Å². The lowest BCUT2D eigenvalue weighted by Gasteiger charge is -2.25. The number of aryl methyl sites for hydroxylation is 1. The van der Waals surface area contributed by atoms with Gasteiger partial charge < -0.3 is 14.8 Å². The lowest BCUT2D eigenvalue weighted by Crippen LogP contribution is -2.36. The molecule has 3 rings (SSSR count). The number of hydrogen-bond acceptors (Lipinski definition) is 8. The molecule has 0 aliphatic carbocycles. The fourth-order valence-electron chi connectivity index (χ4n) is 2.93. The molecule has 1 saturated heterocycles. The topological polar surface area (TPSA) is 94.4 Å². The second kappa shape index (κ2) is 10.5. The first kappa shape index (κ1) is 19.9. The molecule has 27 heavy (non-hydrogen) atoms. The van der Waals surface area contributed by atoms with Crippen LogP contribution in [0.2, 0.25) is 0 Å². The predicted molar refractivity (Wildman–Crippen MR) is 100 cm³/mol. The summed E-state index contributed by atoms with van der Waals surface area (Å²) >= 11 is 1.63. The Morgan fingerprint density at radius 1 is 1.44 bits per heavy atom. The third-order valence-corrected chi connectivity index (χ3v) is 5.44. The van der Waals surface area contributed by atoms with E-state index in [2.05, 4.69) is 25.7 Å². The van der Waals surface area contributed by atoms with Crippen molar-refractivity contribution < 1.29 is 14.3 Å². The maximum atomic E-state index is 12.1. The first-order valence-electron chi connectivity index (χ1n) is 9.14. The van der Waals surface area contributed by atoms with Crippen molar-refractivity contribution in [2.45, 2.75) is 32.0 Å². The monoisotopic (exact) mass is 394 g/mol. The number of aromatic nitrogens is 4. The number of carbonyl (C=O) groups is 1. The Kier molecular flexibility index (Phi) is 7.69. The number of hydrogen-bond donors (Lipinski definition) is 1. The number of methoxy groups -OCH3 is 1. The number of morpholine rings is 1. The minimum absolute atomic E-state index is 0.0106. The zero-order chi connectivity index (χ0) is 18.9. The molecule has 0 aromatic carbocycles. The molecule has 10 heteroatoms. The third-order valence-electron chi connectivity index (χ3n) is 4.48. The first-order valence-corrected chi connectivity index (χ1v) is 10.0. The van der Waals surface area contributed by atoms with Crippen LogP contribution in [0.3, 0.4) is 0 Å². The molecule has 1 amide bonds. The molecule has 0 radical (unpaired) electrons. The molecule has 148 valence electrons. The Balaban J connectivity index is 1.38. The number of nitrogens with zero attached hydrogens (tertiary/aromatic N) is 5. The number of carbonyl (C=O) groups excluding carboxylic acids is 1. The number of thiophene rings is 1. The minimum atomic E-state index is -0.103. The molecule has 0 unspecified atom stereocenters. The van der Waals surface area contributed by atoms with Crippen molar-refractivity contribution in [2.24, 2.45) is 0 Å². The molecule has 2 aromatic heterocycles. The Morgan fingerprint density at radius 2 is 2.30 bits per heavy atom. The van der Waals surface area contributed by atoms with Crippen molar-refractivity contribution in [3.8, 4) is 0 Å². The van der Waals surface area contributed by atoms with Crippen LogP contribution in [-0.4, -0.2) is 71.0 Å². The van der Waals surface area contributed by atoms with Gasteiger partial charge >= 0.3 is 0 Å². The van der Waals surface area contributed by atoms with Gasteiger partial charge in [-0.3, -0.25) is 9.69 Å². The van der Waals surface area contributed by atoms with Crippen LogP contribution in [0.15, 0.2) is 17.5 Å². The van der Waals surface area contributed by atoms with Gasteiger partial charge in [0.1, 0.15) is 6.10 Å². The number of nitrogens with one attached hydrogen (secondary N) is 1. The summed E-state index contributed by atoms with van der Waals surface area (Å²) in [4.78, 5) is 15.5. The van der Waals surface area contributed by atoms with Gasteiger partial charge in [-0.25, -0.2) is 4.68 Å². The lowest BCUT2D eigenvalue weighted by atomic mass is 10.2. The van der Waals surface area contributed by atoms with Gasteiger partial charge in [-0.15, -0.1) is 16.4 Å². The molecular formula is C17H26N6O3S. The summed E-state index contributed by atoms with van der Waals surface area (Å²) < 4.78 is 12.6. The Hall–Kier alpha value is -1.88. The summed E-state index contributed by atoms with van der Waals surface area (Å²) in [5, 5.41) is 16.9. The third kappa shape index (κ3) is 6.06. The molecule has 3 heterocycles. The molecule has 2 aromatic rings. The maximum absolute atomic E-state index is 12.1. The molecular weight excluding hydrogens is 368 g/mol. The molecule has 0 bridgehead atoms. The largest absolute Gasteiger partial charge is 0.379 e. The van der Waals surface area contributed by atoms with Crippen LogP contribution in [0.5, 0.6) is 0 Å². The van der Waals surface area contributed by atoms with Gasteiger partial charge in [0.25, 0.3) is 0 Å². The Labute approximate surface area is 162 Å². The fourth-order valence-corrected chi connectivity index (χ4v) is 3.73. The second-order valence-corrected chi connectivity index (χ2v) is 7.33. The van der Waals surface area contributed by atoms with Crippen molar-refractivity contribution in [3.05, 3.63) is 28.2 Å². The zero-order valence-electron chi connectivity index (χ0n) is 15.5. The average Bonchev–Trinajstić information content (AvgIpc) is 3.36. The molecule has 0 saturated carbocycles. The van der Waals surface area contributed by atoms with Gasteiger partial charge in [0.05, 0.1) is 19.8 Å². The number of amides is 1. The van der Waals surface area contributed by atoms with Crippen molar-refractivity contribution in [1.82, 2.24) is 30.4 Å². The quantitative estimate of drug-likeness (QED) is 0.638. The lowest BCUT2D eigenvalue weighted by molar-refractivity contribution is -0.121. The van der Waals surface area contributed by atoms with E-state index in [1.54, 1.807) is 23.1 Å². The second-order valence-electron chi connectivity index (χ2n) is 6.35. The highest BCUT2D eigenvalue weighted by Crippen LogP contribution is 2.20. The van der Waals surface area contributed by atoms with Crippen molar-refractivity contribution >= 4 is 17.2 Å². The maximum Gasteiger partial charge on any atom is 0.220 e. The van der Waals surface area contributed by atoms with E-state index in [4.69, 9.17) is 9.47 Å². The molecule has 0 spiro atoms. The normalized spacial score (nSPS) is 16.3. The molecule has 1 N–H and O–H groups in total. The van der Waals surface area contributed by atoms with E-state index in [1.165, 1.54) is 0 Å². The van der Waals surface area contributed by atoms with E-state index < -0.39 is 0 Å². The van der Waals surface area contributed by atoms with Crippen LogP contribution in [0, 0.1) is 0 Å². The van der Waals surface area contributed by atoms with Gasteiger partial charge in [-0.2, -0.15) is 0 Å². The van der Waals surface area contributed by atoms with E-state index in [0.717, 1.165) is 37.0 Å². The van der Waals surface area contributed by atoms with Crippen molar-refractivity contribution in [1.29, 1.82) is 0 Å². The van der Waals surface area contributed by atoms with Gasteiger partial charge in [0.2, 0.25) is 5.91 Å². The van der Waals surface area contributed by atoms with Gasteiger partial charge in [0.15, 0.2) is 5.82 Å². The predicted octanol–water partition coefficient (Wildman–Crippen LogP) is 0.851. The van der Waals surface area contributed by atoms with Crippen LogP contribution < -0.4 is 5.32 Å². The summed E-state index contributed by atoms with van der Waals surface area (Å²) in [6.45, 7) is 5.08. The van der Waals surface area contributed by atoms with Crippen LogP contribution in [-0.2, 0) is 27.4 Å². The van der Waals surface area contributed by atoms with Gasteiger partial charge in [-0.05, 0) is 28.3 Å². The van der Waals surface area contributed by atoms with Crippen LogP contribution in [0.4, 0.5) is 0 Å². The number of tetrazole rings is 1. The standard InChI is InChI=1S/C17H26N6O3S/c1-25-14(15-4-3-11-27-15)12-18-17(24)5-2-6-23-16(19-20-21-23)13-22-7-9-26-10-8-22/h3-4,11,14H,2,5-10,12-13H2,1H3,(H,18,24)/t14-/m1/s1. The van der Waals surface area contributed by atoms with Crippen LogP contribution in [0.25, 0.3) is 0 Å². The summed E-state index contributed by atoms with van der Waals surface area (Å²) in [5.74, 6) is 0.839. The number of ether oxygens (including phenoxy) is 2. The van der Waals surface area contributed by atoms with E-state index in [9.17, 15) is 4.79 Å². The van der Waals surface area contributed by atoms with Crippen molar-refractivity contribution in [2.75, 3.05) is 40.0 Å². The minimum Gasteiger partial charge on any atom is -0.379 e. The molecule has 1 fully saturated rings. The van der Waals surface area contributed by atoms with Crippen molar-refractivity contribution in [3.63, 3.8) is 0 Å². The SMILES string of the molecule is CO[C@H](CNC(=O)CCCn1nnnc1CN1CCOCC1)c1cccs1. The smallest absolute Gasteiger partial charge is 0.220 e. The first-order chi connectivity index (χ1) is 13.3. The van der Waals surface area contributed by atoms with Gasteiger partial charge in [0, 0.05) is 44.6 Å². The van der Waals surface area contributed by atoms with Crippen LogP contribution in [0.1, 0.15) is 29.6 Å². The van der Waals surface area contributed by atoms with E-state index in [1.807, 2.05) is 17.5 Å². The molecule has 1 aliphatic rings. The summed E-state index contributed by atoms with van der Waals surface area (Å²) in [6.07, 6.45) is 1.01. The Bertz CT molecular complexity index is 687. The molecule has 9 nitrogen and oxygen atoms in total. The average molecular weight is 395 g/mol. The zero-order valence-corrected chi connectivity index (χ0v) is 16.4. The summed E-state index contributed by atoms with van der Waals surface area (Å²) in [6, 6.07) is 3.99.